The minimum atomic E-state index is -3.05. The molecule has 132 valence electrons. The molecule has 0 amide bonds. The quantitative estimate of drug-likeness (QED) is 0.324. The van der Waals surface area contributed by atoms with Crippen LogP contribution in [0.25, 0.3) is 0 Å². The van der Waals surface area contributed by atoms with Crippen molar-refractivity contribution in [1.29, 1.82) is 0 Å². The Balaban J connectivity index is 2.09. The van der Waals surface area contributed by atoms with E-state index in [-0.39, 0.29) is 23.5 Å². The van der Waals surface area contributed by atoms with E-state index >= 15 is 0 Å². The zero-order valence-electron chi connectivity index (χ0n) is 13.7. The van der Waals surface area contributed by atoms with Gasteiger partial charge in [-0.25, -0.2) is 13.2 Å². The van der Waals surface area contributed by atoms with Gasteiger partial charge in [-0.1, -0.05) is 45.6 Å². The Morgan fingerprint density at radius 3 is 2.30 bits per heavy atom. The van der Waals surface area contributed by atoms with Crippen LogP contribution in [0.1, 0.15) is 51.9 Å². The molecule has 1 saturated heterocycles. The van der Waals surface area contributed by atoms with E-state index in [1.165, 1.54) is 19.3 Å². The number of sulfone groups is 1. The Morgan fingerprint density at radius 1 is 1.09 bits per heavy atom. The fraction of sp³-hybridized carbons (Fsp3) is 0.750. The van der Waals surface area contributed by atoms with Gasteiger partial charge in [0, 0.05) is 5.57 Å². The van der Waals surface area contributed by atoms with Gasteiger partial charge in [0.15, 0.2) is 9.84 Å². The zero-order valence-corrected chi connectivity index (χ0v) is 14.5. The average molecular weight is 346 g/mol. The van der Waals surface area contributed by atoms with Gasteiger partial charge in [-0.3, -0.25) is 4.79 Å². The highest BCUT2D eigenvalue weighted by atomic mass is 32.2. The molecule has 1 rings (SSSR count). The smallest absolute Gasteiger partial charge is 0.334 e. The molecule has 0 aromatic rings. The summed E-state index contributed by atoms with van der Waals surface area (Å²) >= 11 is 0. The highest BCUT2D eigenvalue weighted by molar-refractivity contribution is 7.92. The summed E-state index contributed by atoms with van der Waals surface area (Å²) in [4.78, 5) is 23.2. The van der Waals surface area contributed by atoms with E-state index in [4.69, 9.17) is 9.47 Å². The van der Waals surface area contributed by atoms with Crippen LogP contribution in [0.5, 0.6) is 0 Å². The van der Waals surface area contributed by atoms with Gasteiger partial charge in [0.2, 0.25) is 0 Å². The molecule has 1 heterocycles. The predicted molar refractivity (Wildman–Crippen MR) is 86.6 cm³/mol. The number of carbonyl (C=O) groups excluding carboxylic acids is 2. The van der Waals surface area contributed by atoms with Crippen LogP contribution in [-0.2, 0) is 28.9 Å². The van der Waals surface area contributed by atoms with Crippen molar-refractivity contribution in [2.24, 2.45) is 0 Å². The van der Waals surface area contributed by atoms with Crippen molar-refractivity contribution in [3.8, 4) is 0 Å². The molecule has 0 bridgehead atoms. The Morgan fingerprint density at radius 2 is 1.70 bits per heavy atom. The zero-order chi connectivity index (χ0) is 17.3. The maximum Gasteiger partial charge on any atom is 0.334 e. The molecule has 0 N–H and O–H groups in total. The van der Waals surface area contributed by atoms with Crippen molar-refractivity contribution < 1.29 is 27.5 Å². The first kappa shape index (κ1) is 19.7. The number of carbonyl (C=O) groups is 2. The Hall–Kier alpha value is -1.37. The molecule has 0 aromatic carbocycles. The SMILES string of the molecule is C=C(CC(=O)OCCCCCCCC)C(=O)OC1CS(=O)(=O)C1. The summed E-state index contributed by atoms with van der Waals surface area (Å²) in [5.41, 5.74) is -0.0118. The molecule has 0 unspecified atom stereocenters. The van der Waals surface area contributed by atoms with E-state index in [0.717, 1.165) is 19.3 Å². The minimum Gasteiger partial charge on any atom is -0.465 e. The molecular weight excluding hydrogens is 320 g/mol. The third-order valence-corrected chi connectivity index (χ3v) is 5.32. The van der Waals surface area contributed by atoms with Gasteiger partial charge in [0.1, 0.15) is 6.10 Å². The fourth-order valence-corrected chi connectivity index (χ4v) is 3.36. The van der Waals surface area contributed by atoms with Crippen LogP contribution < -0.4 is 0 Å². The van der Waals surface area contributed by atoms with Gasteiger partial charge in [0.25, 0.3) is 0 Å². The highest BCUT2D eigenvalue weighted by Crippen LogP contribution is 2.16. The number of esters is 2. The van der Waals surface area contributed by atoms with Crippen molar-refractivity contribution in [1.82, 2.24) is 0 Å². The van der Waals surface area contributed by atoms with Gasteiger partial charge in [-0.2, -0.15) is 0 Å². The molecule has 0 aromatic heterocycles. The van der Waals surface area contributed by atoms with Gasteiger partial charge in [-0.15, -0.1) is 0 Å². The highest BCUT2D eigenvalue weighted by Gasteiger charge is 2.36. The number of unbranched alkanes of at least 4 members (excludes halogenated alkanes) is 5. The summed E-state index contributed by atoms with van der Waals surface area (Å²) in [6.45, 7) is 5.99. The summed E-state index contributed by atoms with van der Waals surface area (Å²) in [5.74, 6) is -1.56. The number of rotatable bonds is 11. The molecule has 1 aliphatic heterocycles. The molecule has 0 radical (unpaired) electrons. The third-order valence-electron chi connectivity index (χ3n) is 3.56. The molecule has 0 atom stereocenters. The predicted octanol–water partition coefficient (Wildman–Crippen LogP) is 2.18. The normalized spacial score (nSPS) is 16.4. The summed E-state index contributed by atoms with van der Waals surface area (Å²) in [6.07, 6.45) is 5.73. The van der Waals surface area contributed by atoms with E-state index < -0.39 is 27.9 Å². The van der Waals surface area contributed by atoms with Gasteiger partial charge < -0.3 is 9.47 Å². The van der Waals surface area contributed by atoms with E-state index in [9.17, 15) is 18.0 Å². The first-order chi connectivity index (χ1) is 10.8. The maximum absolute atomic E-state index is 11.6. The summed E-state index contributed by atoms with van der Waals surface area (Å²) in [5, 5.41) is 0. The molecule has 23 heavy (non-hydrogen) atoms. The van der Waals surface area contributed by atoms with Crippen LogP contribution in [0.15, 0.2) is 12.2 Å². The first-order valence-electron chi connectivity index (χ1n) is 8.09. The first-order valence-corrected chi connectivity index (χ1v) is 9.91. The topological polar surface area (TPSA) is 86.7 Å². The molecule has 1 fully saturated rings. The van der Waals surface area contributed by atoms with Gasteiger partial charge >= 0.3 is 11.9 Å². The van der Waals surface area contributed by atoms with Crippen molar-refractivity contribution in [2.45, 2.75) is 58.0 Å². The summed E-state index contributed by atoms with van der Waals surface area (Å²) in [6, 6.07) is 0. The number of hydrogen-bond donors (Lipinski definition) is 0. The lowest BCUT2D eigenvalue weighted by Gasteiger charge is -2.25. The number of hydrogen-bond acceptors (Lipinski definition) is 6. The van der Waals surface area contributed by atoms with Crippen LogP contribution in [0.4, 0.5) is 0 Å². The van der Waals surface area contributed by atoms with Crippen LogP contribution in [-0.4, -0.2) is 44.6 Å². The Kier molecular flexibility index (Phi) is 8.30. The molecule has 0 spiro atoms. The molecule has 0 saturated carbocycles. The van der Waals surface area contributed by atoms with Crippen molar-refractivity contribution >= 4 is 21.8 Å². The van der Waals surface area contributed by atoms with Crippen molar-refractivity contribution in [3.05, 3.63) is 12.2 Å². The minimum absolute atomic E-state index is 0.0118. The lowest BCUT2D eigenvalue weighted by molar-refractivity contribution is -0.148. The molecule has 6 nitrogen and oxygen atoms in total. The lowest BCUT2D eigenvalue weighted by Crippen LogP contribution is -2.44. The maximum atomic E-state index is 11.6. The van der Waals surface area contributed by atoms with Crippen molar-refractivity contribution in [3.63, 3.8) is 0 Å². The second kappa shape index (κ2) is 9.70. The third kappa shape index (κ3) is 8.16. The van der Waals surface area contributed by atoms with Crippen LogP contribution in [0.3, 0.4) is 0 Å². The van der Waals surface area contributed by atoms with Crippen LogP contribution >= 0.6 is 0 Å². The van der Waals surface area contributed by atoms with Crippen molar-refractivity contribution in [2.75, 3.05) is 18.1 Å². The van der Waals surface area contributed by atoms with Gasteiger partial charge in [0.05, 0.1) is 24.5 Å². The lowest BCUT2D eigenvalue weighted by atomic mass is 10.1. The van der Waals surface area contributed by atoms with E-state index in [1.807, 2.05) is 0 Å². The van der Waals surface area contributed by atoms with Gasteiger partial charge in [-0.05, 0) is 6.42 Å². The second-order valence-electron chi connectivity index (χ2n) is 5.87. The molecule has 0 aliphatic carbocycles. The molecular formula is C16H26O6S. The van der Waals surface area contributed by atoms with Crippen LogP contribution in [0, 0.1) is 0 Å². The largest absolute Gasteiger partial charge is 0.465 e. The molecule has 7 heteroatoms. The summed E-state index contributed by atoms with van der Waals surface area (Å²) in [7, 11) is -3.05. The second-order valence-corrected chi connectivity index (χ2v) is 8.03. The standard InChI is InChI=1S/C16H26O6S/c1-3-4-5-6-7-8-9-21-15(17)10-13(2)16(18)22-14-11-23(19,20)12-14/h14H,2-12H2,1H3. The summed E-state index contributed by atoms with van der Waals surface area (Å²) < 4.78 is 31.9. The molecule has 1 aliphatic rings. The average Bonchev–Trinajstić information content (AvgIpc) is 2.44. The van der Waals surface area contributed by atoms with E-state index in [2.05, 4.69) is 13.5 Å². The van der Waals surface area contributed by atoms with E-state index in [1.54, 1.807) is 0 Å². The van der Waals surface area contributed by atoms with Crippen LogP contribution in [0.2, 0.25) is 0 Å². The fourth-order valence-electron chi connectivity index (χ4n) is 2.19. The Labute approximate surface area is 138 Å². The Bertz CT molecular complexity index is 511. The monoisotopic (exact) mass is 346 g/mol. The number of ether oxygens (including phenoxy) is 2. The van der Waals surface area contributed by atoms with E-state index in [0.29, 0.717) is 6.61 Å².